The molecule has 0 spiro atoms. The number of methoxy groups -OCH3 is 2. The van der Waals surface area contributed by atoms with Gasteiger partial charge in [0.25, 0.3) is 0 Å². The van der Waals surface area contributed by atoms with Gasteiger partial charge in [0.05, 0.1) is 10.1 Å². The Balaban J connectivity index is 2.23. The molecule has 0 heterocycles. The van der Waals surface area contributed by atoms with Crippen LogP contribution in [0.1, 0.15) is 17.9 Å². The van der Waals surface area contributed by atoms with Crippen molar-refractivity contribution in [3.8, 4) is 0 Å². The van der Waals surface area contributed by atoms with E-state index in [0.717, 1.165) is 5.56 Å². The number of fused-ring (bicyclic) bond motifs is 2. The van der Waals surface area contributed by atoms with Gasteiger partial charge in [-0.05, 0) is 12.0 Å². The molecule has 0 N–H and O–H groups in total. The fourth-order valence-electron chi connectivity index (χ4n) is 3.68. The van der Waals surface area contributed by atoms with Crippen molar-refractivity contribution >= 4 is 46.4 Å². The monoisotopic (exact) mass is 366 g/mol. The second-order valence-electron chi connectivity index (χ2n) is 5.33. The highest BCUT2D eigenvalue weighted by Gasteiger charge is 2.80. The van der Waals surface area contributed by atoms with Crippen LogP contribution in [0.15, 0.2) is 40.4 Å². The summed E-state index contributed by atoms with van der Waals surface area (Å²) in [6.45, 7) is 0. The zero-order chi connectivity index (χ0) is 15.5. The molecule has 2 nitrogen and oxygen atoms in total. The van der Waals surface area contributed by atoms with Crippen LogP contribution in [0.4, 0.5) is 0 Å². The minimum atomic E-state index is -1.31. The zero-order valence-electron chi connectivity index (χ0n) is 11.5. The molecule has 1 fully saturated rings. The predicted octanol–water partition coefficient (Wildman–Crippen LogP) is 4.82. The molecule has 1 aromatic carbocycles. The van der Waals surface area contributed by atoms with Crippen molar-refractivity contribution in [1.82, 2.24) is 0 Å². The third-order valence-corrected chi connectivity index (χ3v) is 7.19. The Kier molecular flexibility index (Phi) is 3.81. The Morgan fingerprint density at radius 1 is 1.00 bits per heavy atom. The van der Waals surface area contributed by atoms with E-state index in [2.05, 4.69) is 0 Å². The Labute approximate surface area is 143 Å². The van der Waals surface area contributed by atoms with Gasteiger partial charge in [-0.2, -0.15) is 0 Å². The van der Waals surface area contributed by atoms with E-state index < -0.39 is 15.5 Å². The van der Waals surface area contributed by atoms with Crippen molar-refractivity contribution in [2.45, 2.75) is 27.9 Å². The van der Waals surface area contributed by atoms with Gasteiger partial charge in [-0.15, -0.1) is 23.2 Å². The van der Waals surface area contributed by atoms with E-state index in [1.54, 1.807) is 0 Å². The van der Waals surface area contributed by atoms with Gasteiger partial charge in [-0.25, -0.2) is 0 Å². The Morgan fingerprint density at radius 2 is 1.57 bits per heavy atom. The lowest BCUT2D eigenvalue weighted by atomic mass is 9.85. The standard InChI is InChI=1S/C15H14Cl4O2/c1-20-15(21-2)13(18)8-10(9-6-4-3-5-7-9)14(15,19)12(17)11(13)16/h3-7,10H,8H2,1-2H3/t10-,13-,14+/m0/s1. The van der Waals surface area contributed by atoms with Crippen LogP contribution in [-0.2, 0) is 9.47 Å². The average Bonchev–Trinajstić information content (AvgIpc) is 2.79. The van der Waals surface area contributed by atoms with Crippen molar-refractivity contribution in [3.05, 3.63) is 46.0 Å². The quantitative estimate of drug-likeness (QED) is 0.563. The molecule has 3 rings (SSSR count). The second kappa shape index (κ2) is 5.02. The topological polar surface area (TPSA) is 18.5 Å². The van der Waals surface area contributed by atoms with Gasteiger partial charge in [0.1, 0.15) is 9.75 Å². The number of hydrogen-bond acceptors (Lipinski definition) is 2. The molecule has 0 amide bonds. The van der Waals surface area contributed by atoms with E-state index in [0.29, 0.717) is 16.5 Å². The van der Waals surface area contributed by atoms with Crippen LogP contribution in [0.5, 0.6) is 0 Å². The van der Waals surface area contributed by atoms with E-state index in [9.17, 15) is 0 Å². The summed E-state index contributed by atoms with van der Waals surface area (Å²) in [4.78, 5) is -2.25. The fraction of sp³-hybridized carbons (Fsp3) is 0.467. The molecule has 2 bridgehead atoms. The lowest BCUT2D eigenvalue weighted by Gasteiger charge is -2.41. The minimum absolute atomic E-state index is 0.159. The molecule has 1 aromatic rings. The summed E-state index contributed by atoms with van der Waals surface area (Å²) >= 11 is 26.5. The van der Waals surface area contributed by atoms with Crippen molar-refractivity contribution in [3.63, 3.8) is 0 Å². The van der Waals surface area contributed by atoms with Crippen molar-refractivity contribution < 1.29 is 9.47 Å². The number of hydrogen-bond donors (Lipinski definition) is 0. The molecule has 2 aliphatic rings. The van der Waals surface area contributed by atoms with Crippen LogP contribution in [0.25, 0.3) is 0 Å². The van der Waals surface area contributed by atoms with Gasteiger partial charge >= 0.3 is 0 Å². The summed E-state index contributed by atoms with van der Waals surface area (Å²) in [5, 5.41) is 0.598. The van der Waals surface area contributed by atoms with E-state index in [-0.39, 0.29) is 5.92 Å². The molecular formula is C15H14Cl4O2. The number of benzene rings is 1. The van der Waals surface area contributed by atoms with E-state index in [1.165, 1.54) is 14.2 Å². The summed E-state index contributed by atoms with van der Waals surface area (Å²) in [5.74, 6) is -1.47. The third kappa shape index (κ3) is 1.64. The van der Waals surface area contributed by atoms with Crippen LogP contribution in [-0.4, -0.2) is 29.8 Å². The maximum Gasteiger partial charge on any atom is 0.217 e. The summed E-state index contributed by atoms with van der Waals surface area (Å²) in [5.41, 5.74) is 1.02. The average molecular weight is 368 g/mol. The third-order valence-electron chi connectivity index (χ3n) is 4.60. The molecule has 21 heavy (non-hydrogen) atoms. The van der Waals surface area contributed by atoms with Crippen molar-refractivity contribution in [1.29, 1.82) is 0 Å². The highest BCUT2D eigenvalue weighted by molar-refractivity contribution is 6.52. The first-order valence-corrected chi connectivity index (χ1v) is 7.99. The van der Waals surface area contributed by atoms with Crippen LogP contribution in [0.2, 0.25) is 0 Å². The molecule has 0 aliphatic heterocycles. The molecular weight excluding hydrogens is 354 g/mol. The molecule has 0 radical (unpaired) electrons. The molecule has 0 aromatic heterocycles. The van der Waals surface area contributed by atoms with Crippen LogP contribution in [0.3, 0.4) is 0 Å². The Bertz CT molecular complexity index is 599. The minimum Gasteiger partial charge on any atom is -0.350 e. The summed E-state index contributed by atoms with van der Waals surface area (Å²) in [6, 6.07) is 9.82. The van der Waals surface area contributed by atoms with Crippen molar-refractivity contribution in [2.24, 2.45) is 0 Å². The highest BCUT2D eigenvalue weighted by atomic mass is 35.5. The van der Waals surface area contributed by atoms with Gasteiger partial charge in [-0.3, -0.25) is 0 Å². The van der Waals surface area contributed by atoms with Gasteiger partial charge < -0.3 is 9.47 Å². The first kappa shape index (κ1) is 15.9. The highest BCUT2D eigenvalue weighted by Crippen LogP contribution is 2.73. The van der Waals surface area contributed by atoms with Gasteiger partial charge in [-0.1, -0.05) is 53.5 Å². The van der Waals surface area contributed by atoms with Gasteiger partial charge in [0.15, 0.2) is 0 Å². The first-order chi connectivity index (χ1) is 9.89. The number of halogens is 4. The maximum absolute atomic E-state index is 6.95. The molecule has 3 atom stereocenters. The Hall–Kier alpha value is 0.0400. The summed E-state index contributed by atoms with van der Waals surface area (Å²) in [7, 11) is 3.01. The SMILES string of the molecule is COC1(OC)[C@]2(Cl)C[C@@H](c3ccccc3)[C@@]1(Cl)C(Cl)=C2Cl. The van der Waals surface area contributed by atoms with Crippen molar-refractivity contribution in [2.75, 3.05) is 14.2 Å². The maximum atomic E-state index is 6.95. The molecule has 114 valence electrons. The molecule has 1 saturated carbocycles. The lowest BCUT2D eigenvalue weighted by molar-refractivity contribution is -0.217. The zero-order valence-corrected chi connectivity index (χ0v) is 14.5. The second-order valence-corrected chi connectivity index (χ2v) is 7.33. The van der Waals surface area contributed by atoms with Crippen LogP contribution < -0.4 is 0 Å². The van der Waals surface area contributed by atoms with E-state index >= 15 is 0 Å². The fourth-order valence-corrected chi connectivity index (χ4v) is 5.75. The summed E-state index contributed by atoms with van der Waals surface area (Å²) in [6.07, 6.45) is 0.485. The normalized spacial score (nSPS) is 37.3. The van der Waals surface area contributed by atoms with Crippen LogP contribution in [0, 0.1) is 0 Å². The molecule has 0 saturated heterocycles. The molecule has 2 aliphatic carbocycles. The smallest absolute Gasteiger partial charge is 0.217 e. The molecule has 6 heteroatoms. The number of ether oxygens (including phenoxy) is 2. The Morgan fingerprint density at radius 3 is 2.05 bits per heavy atom. The van der Waals surface area contributed by atoms with Gasteiger partial charge in [0, 0.05) is 20.1 Å². The first-order valence-electron chi connectivity index (χ1n) is 6.48. The largest absolute Gasteiger partial charge is 0.350 e. The van der Waals surface area contributed by atoms with E-state index in [4.69, 9.17) is 55.9 Å². The lowest BCUT2D eigenvalue weighted by Crippen LogP contribution is -2.56. The number of alkyl halides is 2. The number of rotatable bonds is 3. The molecule has 0 unspecified atom stereocenters. The summed E-state index contributed by atoms with van der Waals surface area (Å²) < 4.78 is 11.3. The van der Waals surface area contributed by atoms with Crippen LogP contribution >= 0.6 is 46.4 Å². The predicted molar refractivity (Wildman–Crippen MR) is 86.4 cm³/mol. The van der Waals surface area contributed by atoms with Gasteiger partial charge in [0.2, 0.25) is 5.79 Å². The van der Waals surface area contributed by atoms with E-state index in [1.807, 2.05) is 30.3 Å².